The number of hydrogen-bond acceptors (Lipinski definition) is 2. The first-order valence-corrected chi connectivity index (χ1v) is 10.4. The van der Waals surface area contributed by atoms with Crippen molar-refractivity contribution in [3.63, 3.8) is 0 Å². The van der Waals surface area contributed by atoms with Crippen molar-refractivity contribution in [1.29, 1.82) is 0 Å². The molecule has 0 atom stereocenters. The van der Waals surface area contributed by atoms with Crippen LogP contribution in [0.3, 0.4) is 0 Å². The van der Waals surface area contributed by atoms with Crippen LogP contribution in [0.15, 0.2) is 72.9 Å². The van der Waals surface area contributed by atoms with E-state index < -0.39 is 0 Å². The van der Waals surface area contributed by atoms with E-state index in [-0.39, 0.29) is 0 Å². The van der Waals surface area contributed by atoms with Crippen molar-refractivity contribution in [2.75, 3.05) is 0 Å². The number of benzene rings is 3. The van der Waals surface area contributed by atoms with E-state index in [0.29, 0.717) is 15.1 Å². The molecule has 0 radical (unpaired) electrons. The first-order valence-electron chi connectivity index (χ1n) is 9.25. The van der Waals surface area contributed by atoms with Crippen LogP contribution in [0.25, 0.3) is 40.1 Å². The Morgan fingerprint density at radius 1 is 0.767 bits per heavy atom. The van der Waals surface area contributed by atoms with Gasteiger partial charge in [-0.2, -0.15) is 0 Å². The zero-order valence-corrected chi connectivity index (χ0v) is 17.8. The van der Waals surface area contributed by atoms with E-state index in [1.165, 1.54) is 0 Å². The standard InChI is InChI=1S/C24H14Cl3N3/c25-17-9-7-16(8-10-17)22-14-30-23-4-2-1-3-20(23)29-24(30)21(28-22)12-6-15-5-11-18(26)19(27)13-15/h1-14H/b12-6+. The molecule has 0 unspecified atom stereocenters. The lowest BCUT2D eigenvalue weighted by atomic mass is 10.1. The van der Waals surface area contributed by atoms with E-state index in [0.717, 1.165) is 39.2 Å². The molecule has 3 nitrogen and oxygen atoms in total. The second-order valence-corrected chi connectivity index (χ2v) is 8.07. The maximum Gasteiger partial charge on any atom is 0.164 e. The molecule has 0 aliphatic carbocycles. The van der Waals surface area contributed by atoms with Crippen molar-refractivity contribution in [3.05, 3.63) is 99.3 Å². The van der Waals surface area contributed by atoms with Crippen LogP contribution in [0, 0.1) is 0 Å². The van der Waals surface area contributed by atoms with Crippen molar-refractivity contribution in [2.45, 2.75) is 0 Å². The van der Waals surface area contributed by atoms with Gasteiger partial charge in [-0.15, -0.1) is 0 Å². The number of imidazole rings is 1. The molecular weight excluding hydrogens is 437 g/mol. The van der Waals surface area contributed by atoms with Gasteiger partial charge in [0, 0.05) is 16.8 Å². The highest BCUT2D eigenvalue weighted by molar-refractivity contribution is 6.42. The van der Waals surface area contributed by atoms with E-state index in [1.807, 2.05) is 79.0 Å². The summed E-state index contributed by atoms with van der Waals surface area (Å²) in [6.07, 6.45) is 5.90. The van der Waals surface area contributed by atoms with Crippen LogP contribution in [0.4, 0.5) is 0 Å². The number of halogens is 3. The van der Waals surface area contributed by atoms with Crippen LogP contribution >= 0.6 is 34.8 Å². The van der Waals surface area contributed by atoms with Crippen molar-refractivity contribution >= 4 is 63.6 Å². The minimum Gasteiger partial charge on any atom is -0.296 e. The van der Waals surface area contributed by atoms with E-state index in [2.05, 4.69) is 4.40 Å². The minimum absolute atomic E-state index is 0.512. The Balaban J connectivity index is 1.71. The molecule has 5 rings (SSSR count). The summed E-state index contributed by atoms with van der Waals surface area (Å²) in [4.78, 5) is 9.67. The summed E-state index contributed by atoms with van der Waals surface area (Å²) in [5, 5.41) is 1.73. The molecule has 0 spiro atoms. The van der Waals surface area contributed by atoms with Gasteiger partial charge in [-0.3, -0.25) is 4.40 Å². The van der Waals surface area contributed by atoms with Crippen molar-refractivity contribution < 1.29 is 0 Å². The zero-order chi connectivity index (χ0) is 20.7. The Labute approximate surface area is 188 Å². The van der Waals surface area contributed by atoms with Crippen molar-refractivity contribution in [2.24, 2.45) is 0 Å². The molecule has 0 saturated carbocycles. The maximum atomic E-state index is 6.15. The van der Waals surface area contributed by atoms with Gasteiger partial charge in [0.1, 0.15) is 5.69 Å². The third-order valence-electron chi connectivity index (χ3n) is 4.83. The minimum atomic E-state index is 0.512. The summed E-state index contributed by atoms with van der Waals surface area (Å²) in [6, 6.07) is 21.2. The SMILES string of the molecule is Clc1ccc(-c2cn3c(nc4ccccc43)c(/C=C/c3ccc(Cl)c(Cl)c3)n2)cc1. The quantitative estimate of drug-likeness (QED) is 0.282. The molecule has 0 N–H and O–H groups in total. The van der Waals surface area contributed by atoms with E-state index in [1.54, 1.807) is 6.07 Å². The van der Waals surface area contributed by atoms with Crippen LogP contribution in [-0.4, -0.2) is 14.4 Å². The smallest absolute Gasteiger partial charge is 0.164 e. The van der Waals surface area contributed by atoms with Crippen molar-refractivity contribution in [3.8, 4) is 11.3 Å². The topological polar surface area (TPSA) is 30.2 Å². The lowest BCUT2D eigenvalue weighted by Gasteiger charge is -2.06. The summed E-state index contributed by atoms with van der Waals surface area (Å²) in [5.74, 6) is 0. The number of nitrogens with zero attached hydrogens (tertiary/aromatic N) is 3. The Morgan fingerprint density at radius 2 is 1.57 bits per heavy atom. The molecule has 0 aliphatic heterocycles. The predicted molar refractivity (Wildman–Crippen MR) is 126 cm³/mol. The van der Waals surface area contributed by atoms with Crippen LogP contribution in [-0.2, 0) is 0 Å². The molecule has 0 fully saturated rings. The first-order chi connectivity index (χ1) is 14.6. The molecule has 0 amide bonds. The molecule has 2 aromatic heterocycles. The Morgan fingerprint density at radius 3 is 2.37 bits per heavy atom. The Hall–Kier alpha value is -2.85. The van der Waals surface area contributed by atoms with Gasteiger partial charge < -0.3 is 0 Å². The van der Waals surface area contributed by atoms with Gasteiger partial charge in [0.25, 0.3) is 0 Å². The number of fused-ring (bicyclic) bond motifs is 3. The highest BCUT2D eigenvalue weighted by Crippen LogP contribution is 2.27. The zero-order valence-electron chi connectivity index (χ0n) is 15.6. The highest BCUT2D eigenvalue weighted by Gasteiger charge is 2.11. The van der Waals surface area contributed by atoms with Crippen LogP contribution < -0.4 is 0 Å². The fraction of sp³-hybridized carbons (Fsp3) is 0. The number of hydrogen-bond donors (Lipinski definition) is 0. The van der Waals surface area contributed by atoms with Crippen LogP contribution in [0.5, 0.6) is 0 Å². The number of para-hydroxylation sites is 2. The highest BCUT2D eigenvalue weighted by atomic mass is 35.5. The average molecular weight is 451 g/mol. The second-order valence-electron chi connectivity index (χ2n) is 6.82. The predicted octanol–water partition coefficient (Wildman–Crippen LogP) is 7.68. The Kier molecular flexibility index (Phi) is 4.95. The van der Waals surface area contributed by atoms with Crippen molar-refractivity contribution in [1.82, 2.24) is 14.4 Å². The fourth-order valence-electron chi connectivity index (χ4n) is 3.35. The molecule has 0 bridgehead atoms. The lowest BCUT2D eigenvalue weighted by molar-refractivity contribution is 1.14. The van der Waals surface area contributed by atoms with Crippen LogP contribution in [0.2, 0.25) is 15.1 Å². The molecule has 3 aromatic carbocycles. The van der Waals surface area contributed by atoms with Gasteiger partial charge >= 0.3 is 0 Å². The normalized spacial score (nSPS) is 11.7. The van der Waals surface area contributed by atoms with E-state index in [4.69, 9.17) is 44.8 Å². The van der Waals surface area contributed by atoms with Gasteiger partial charge in [-0.1, -0.05) is 71.2 Å². The molecule has 2 heterocycles. The molecule has 6 heteroatoms. The van der Waals surface area contributed by atoms with Gasteiger partial charge in [0.05, 0.1) is 26.8 Å². The molecule has 146 valence electrons. The van der Waals surface area contributed by atoms with Gasteiger partial charge in [-0.25, -0.2) is 9.97 Å². The first kappa shape index (κ1) is 19.1. The Bertz CT molecular complexity index is 1420. The lowest BCUT2D eigenvalue weighted by Crippen LogP contribution is -1.96. The third-order valence-corrected chi connectivity index (χ3v) is 5.83. The monoisotopic (exact) mass is 449 g/mol. The van der Waals surface area contributed by atoms with E-state index in [9.17, 15) is 0 Å². The van der Waals surface area contributed by atoms with E-state index >= 15 is 0 Å². The molecular formula is C24H14Cl3N3. The van der Waals surface area contributed by atoms with Gasteiger partial charge in [0.2, 0.25) is 0 Å². The fourth-order valence-corrected chi connectivity index (χ4v) is 3.78. The van der Waals surface area contributed by atoms with Gasteiger partial charge in [0.15, 0.2) is 5.65 Å². The number of aromatic nitrogens is 3. The summed E-state index contributed by atoms with van der Waals surface area (Å²) in [5.41, 5.74) is 6.21. The summed E-state index contributed by atoms with van der Waals surface area (Å²) < 4.78 is 2.07. The maximum absolute atomic E-state index is 6.15. The van der Waals surface area contributed by atoms with Crippen LogP contribution in [0.1, 0.15) is 11.3 Å². The molecule has 30 heavy (non-hydrogen) atoms. The largest absolute Gasteiger partial charge is 0.296 e. The molecule has 0 saturated heterocycles. The molecule has 5 aromatic rings. The summed E-state index contributed by atoms with van der Waals surface area (Å²) in [7, 11) is 0. The third kappa shape index (κ3) is 3.56. The average Bonchev–Trinajstić information content (AvgIpc) is 3.14. The second kappa shape index (κ2) is 7.77. The summed E-state index contributed by atoms with van der Waals surface area (Å²) in [6.45, 7) is 0. The molecule has 0 aliphatic rings. The number of rotatable bonds is 3. The summed E-state index contributed by atoms with van der Waals surface area (Å²) >= 11 is 18.2. The van der Waals surface area contributed by atoms with Gasteiger partial charge in [-0.05, 0) is 48.0 Å².